The second-order valence-electron chi connectivity index (χ2n) is 6.01. The quantitative estimate of drug-likeness (QED) is 0.689. The second-order valence-corrected chi connectivity index (χ2v) is 6.01. The predicted molar refractivity (Wildman–Crippen MR) is 102 cm³/mol. The van der Waals surface area contributed by atoms with Gasteiger partial charge in [-0.15, -0.1) is 0 Å². The molecule has 0 saturated carbocycles. The number of benzene rings is 2. The molecule has 7 nitrogen and oxygen atoms in total. The number of amides is 2. The highest BCUT2D eigenvalue weighted by atomic mass is 16.5. The van der Waals surface area contributed by atoms with E-state index < -0.39 is 11.7 Å². The molecule has 0 spiro atoms. The second kappa shape index (κ2) is 7.74. The summed E-state index contributed by atoms with van der Waals surface area (Å²) in [6.45, 7) is 1.90. The van der Waals surface area contributed by atoms with Crippen molar-refractivity contribution < 1.29 is 18.7 Å². The zero-order chi connectivity index (χ0) is 19.4. The Morgan fingerprint density at radius 3 is 2.52 bits per heavy atom. The van der Waals surface area contributed by atoms with E-state index in [0.29, 0.717) is 22.5 Å². The summed E-state index contributed by atoms with van der Waals surface area (Å²) in [5, 5.41) is 6.00. The summed E-state index contributed by atoms with van der Waals surface area (Å²) in [7, 11) is 1.27. The number of carbonyl (C=O) groups excluding carboxylic acids is 2. The van der Waals surface area contributed by atoms with Gasteiger partial charge in [0.05, 0.1) is 13.5 Å². The largest absolute Gasteiger partial charge is 0.453 e. The van der Waals surface area contributed by atoms with Crippen molar-refractivity contribution in [3.05, 3.63) is 70.1 Å². The van der Waals surface area contributed by atoms with Crippen LogP contribution in [0.15, 0.2) is 57.7 Å². The molecule has 0 unspecified atom stereocenters. The van der Waals surface area contributed by atoms with E-state index in [1.807, 2.05) is 19.1 Å². The molecule has 2 N–H and O–H groups in total. The molecule has 3 aromatic rings. The number of ether oxygens (including phenoxy) is 1. The molecule has 1 aromatic heterocycles. The Labute approximate surface area is 154 Å². The van der Waals surface area contributed by atoms with Crippen LogP contribution < -0.4 is 16.3 Å². The number of carbonyl (C=O) groups is 2. The smallest absolute Gasteiger partial charge is 0.411 e. The molecule has 0 saturated heterocycles. The van der Waals surface area contributed by atoms with Crippen molar-refractivity contribution in [2.45, 2.75) is 13.3 Å². The van der Waals surface area contributed by atoms with E-state index in [4.69, 9.17) is 4.42 Å². The van der Waals surface area contributed by atoms with Crippen LogP contribution >= 0.6 is 0 Å². The van der Waals surface area contributed by atoms with Gasteiger partial charge in [-0.25, -0.2) is 9.59 Å². The molecule has 0 bridgehead atoms. The van der Waals surface area contributed by atoms with Crippen molar-refractivity contribution in [2.24, 2.45) is 0 Å². The molecular formula is C20H18N2O5. The van der Waals surface area contributed by atoms with Gasteiger partial charge in [-0.1, -0.05) is 18.2 Å². The van der Waals surface area contributed by atoms with Gasteiger partial charge in [0, 0.05) is 22.8 Å². The average Bonchev–Trinajstić information content (AvgIpc) is 2.61. The minimum atomic E-state index is -0.601. The Hall–Kier alpha value is -3.61. The average molecular weight is 366 g/mol. The molecular weight excluding hydrogens is 348 g/mol. The number of hydrogen-bond acceptors (Lipinski definition) is 5. The predicted octanol–water partition coefficient (Wildman–Crippen LogP) is 3.46. The lowest BCUT2D eigenvalue weighted by molar-refractivity contribution is -0.115. The molecule has 0 fully saturated rings. The minimum absolute atomic E-state index is 0.0137. The van der Waals surface area contributed by atoms with Gasteiger partial charge in [0.15, 0.2) is 0 Å². The maximum absolute atomic E-state index is 12.4. The summed E-state index contributed by atoms with van der Waals surface area (Å²) in [5.41, 5.74) is 2.50. The maximum atomic E-state index is 12.4. The number of rotatable bonds is 4. The van der Waals surface area contributed by atoms with Crippen molar-refractivity contribution >= 4 is 34.3 Å². The third-order valence-electron chi connectivity index (χ3n) is 3.91. The topological polar surface area (TPSA) is 97.6 Å². The minimum Gasteiger partial charge on any atom is -0.453 e. The van der Waals surface area contributed by atoms with Gasteiger partial charge < -0.3 is 14.5 Å². The summed E-state index contributed by atoms with van der Waals surface area (Å²) in [6.07, 6.45) is -0.587. The van der Waals surface area contributed by atoms with Crippen LogP contribution in [0.4, 0.5) is 16.2 Å². The molecule has 138 valence electrons. The van der Waals surface area contributed by atoms with Gasteiger partial charge >= 0.3 is 11.7 Å². The fourth-order valence-electron chi connectivity index (χ4n) is 2.71. The van der Waals surface area contributed by atoms with Gasteiger partial charge in [-0.05, 0) is 42.3 Å². The normalized spacial score (nSPS) is 10.4. The third-order valence-corrected chi connectivity index (χ3v) is 3.91. The van der Waals surface area contributed by atoms with E-state index in [2.05, 4.69) is 15.4 Å². The monoisotopic (exact) mass is 366 g/mol. The summed E-state index contributed by atoms with van der Waals surface area (Å²) in [6, 6.07) is 13.5. The molecule has 0 aliphatic heterocycles. The third kappa shape index (κ3) is 4.52. The molecule has 0 aliphatic carbocycles. The highest BCUT2D eigenvalue weighted by molar-refractivity contribution is 5.96. The summed E-state index contributed by atoms with van der Waals surface area (Å²) >= 11 is 0. The van der Waals surface area contributed by atoms with E-state index in [9.17, 15) is 14.4 Å². The molecule has 0 atom stereocenters. The lowest BCUT2D eigenvalue weighted by Gasteiger charge is -2.09. The first kappa shape index (κ1) is 18.2. The number of aryl methyl sites for hydroxylation is 1. The number of hydrogen-bond donors (Lipinski definition) is 2. The number of methoxy groups -OCH3 is 1. The molecule has 1 heterocycles. The standard InChI is InChI=1S/C20H18N2O5/c1-12-6-7-16-13(10-19(24)27-17(16)8-12)9-18(23)21-14-4-3-5-15(11-14)22-20(25)26-2/h3-8,10-11H,9H2,1-2H3,(H,21,23)(H,22,25). The van der Waals surface area contributed by atoms with E-state index in [-0.39, 0.29) is 12.3 Å². The number of anilines is 2. The first-order valence-electron chi connectivity index (χ1n) is 8.23. The molecule has 27 heavy (non-hydrogen) atoms. The first-order chi connectivity index (χ1) is 12.9. The van der Waals surface area contributed by atoms with Crippen LogP contribution in [0.25, 0.3) is 11.0 Å². The SMILES string of the molecule is COC(=O)Nc1cccc(NC(=O)Cc2cc(=O)oc3cc(C)ccc23)c1. The summed E-state index contributed by atoms with van der Waals surface area (Å²) in [4.78, 5) is 35.5. The molecule has 0 radical (unpaired) electrons. The first-order valence-corrected chi connectivity index (χ1v) is 8.23. The summed E-state index contributed by atoms with van der Waals surface area (Å²) < 4.78 is 9.75. The van der Waals surface area contributed by atoms with Crippen LogP contribution in [0.1, 0.15) is 11.1 Å². The van der Waals surface area contributed by atoms with Crippen molar-refractivity contribution in [3.63, 3.8) is 0 Å². The maximum Gasteiger partial charge on any atom is 0.411 e. The van der Waals surface area contributed by atoms with Crippen LogP contribution in [-0.4, -0.2) is 19.1 Å². The Morgan fingerprint density at radius 1 is 1.04 bits per heavy atom. The molecule has 0 aliphatic rings. The molecule has 2 aromatic carbocycles. The van der Waals surface area contributed by atoms with Crippen LogP contribution in [-0.2, 0) is 16.0 Å². The Balaban J connectivity index is 1.79. The van der Waals surface area contributed by atoms with Gasteiger partial charge in [-0.2, -0.15) is 0 Å². The van der Waals surface area contributed by atoms with Gasteiger partial charge in [-0.3, -0.25) is 10.1 Å². The zero-order valence-electron chi connectivity index (χ0n) is 14.9. The van der Waals surface area contributed by atoms with E-state index >= 15 is 0 Å². The molecule has 3 rings (SSSR count). The van der Waals surface area contributed by atoms with Crippen LogP contribution in [0.3, 0.4) is 0 Å². The van der Waals surface area contributed by atoms with E-state index in [0.717, 1.165) is 10.9 Å². The Kier molecular flexibility index (Phi) is 5.21. The van der Waals surface area contributed by atoms with Crippen molar-refractivity contribution in [1.82, 2.24) is 0 Å². The zero-order valence-corrected chi connectivity index (χ0v) is 14.9. The highest BCUT2D eigenvalue weighted by Gasteiger charge is 2.11. The van der Waals surface area contributed by atoms with Crippen LogP contribution in [0, 0.1) is 6.92 Å². The fraction of sp³-hybridized carbons (Fsp3) is 0.150. The highest BCUT2D eigenvalue weighted by Crippen LogP contribution is 2.20. The van der Waals surface area contributed by atoms with Gasteiger partial charge in [0.25, 0.3) is 0 Å². The number of nitrogens with one attached hydrogen (secondary N) is 2. The van der Waals surface area contributed by atoms with Crippen LogP contribution in [0.5, 0.6) is 0 Å². The van der Waals surface area contributed by atoms with Crippen LogP contribution in [0.2, 0.25) is 0 Å². The van der Waals surface area contributed by atoms with Crippen molar-refractivity contribution in [3.8, 4) is 0 Å². The lowest BCUT2D eigenvalue weighted by Crippen LogP contribution is -2.16. The van der Waals surface area contributed by atoms with E-state index in [1.165, 1.54) is 13.2 Å². The fourth-order valence-corrected chi connectivity index (χ4v) is 2.71. The lowest BCUT2D eigenvalue weighted by atomic mass is 10.1. The molecule has 2 amide bonds. The Morgan fingerprint density at radius 2 is 1.78 bits per heavy atom. The van der Waals surface area contributed by atoms with Gasteiger partial charge in [0.1, 0.15) is 5.58 Å². The van der Waals surface area contributed by atoms with Gasteiger partial charge in [0.2, 0.25) is 5.91 Å². The van der Waals surface area contributed by atoms with E-state index in [1.54, 1.807) is 30.3 Å². The number of fused-ring (bicyclic) bond motifs is 1. The van der Waals surface area contributed by atoms with Crippen molar-refractivity contribution in [2.75, 3.05) is 17.7 Å². The molecule has 7 heteroatoms. The van der Waals surface area contributed by atoms with Crippen molar-refractivity contribution in [1.29, 1.82) is 0 Å². The summed E-state index contributed by atoms with van der Waals surface area (Å²) in [5.74, 6) is -0.294. The Bertz CT molecular complexity index is 1070.